The molecule has 0 aliphatic rings. The summed E-state index contributed by atoms with van der Waals surface area (Å²) in [5.74, 6) is 0.506. The van der Waals surface area contributed by atoms with Gasteiger partial charge < -0.3 is 0 Å². The van der Waals surface area contributed by atoms with Gasteiger partial charge in [-0.15, -0.1) is 0 Å². The molecule has 0 bridgehead atoms. The summed E-state index contributed by atoms with van der Waals surface area (Å²) < 4.78 is 1.47. The molecular weight excluding hydrogens is 308 g/mol. The number of benzene rings is 1. The van der Waals surface area contributed by atoms with Gasteiger partial charge in [-0.2, -0.15) is 5.26 Å². The van der Waals surface area contributed by atoms with Crippen LogP contribution < -0.4 is 5.56 Å². The number of fused-ring (bicyclic) bond motifs is 1. The Morgan fingerprint density at radius 1 is 1.26 bits per heavy atom. The first-order valence-electron chi connectivity index (χ1n) is 7.11. The van der Waals surface area contributed by atoms with Crippen LogP contribution in [0.15, 0.2) is 52.5 Å². The van der Waals surface area contributed by atoms with Crippen molar-refractivity contribution in [3.63, 3.8) is 0 Å². The Bertz CT molecular complexity index is 957. The summed E-state index contributed by atoms with van der Waals surface area (Å²) in [6.45, 7) is 3.71. The predicted octanol–water partition coefficient (Wildman–Crippen LogP) is 3.09. The average Bonchev–Trinajstić information content (AvgIpc) is 2.56. The fourth-order valence-electron chi connectivity index (χ4n) is 2.17. The third-order valence-corrected chi connectivity index (χ3v) is 4.28. The summed E-state index contributed by atoms with van der Waals surface area (Å²) in [5, 5.41) is 9.76. The number of thioether (sulfide) groups is 1. The van der Waals surface area contributed by atoms with Gasteiger partial charge >= 0.3 is 0 Å². The Morgan fingerprint density at radius 2 is 2.04 bits per heavy atom. The Kier molecular flexibility index (Phi) is 4.13. The summed E-state index contributed by atoms with van der Waals surface area (Å²) in [6, 6.07) is 13.0. The van der Waals surface area contributed by atoms with Gasteiger partial charge in [-0.25, -0.2) is 14.5 Å². The quantitative estimate of drug-likeness (QED) is 0.547. The number of aromatic nitrogens is 3. The summed E-state index contributed by atoms with van der Waals surface area (Å²) in [7, 11) is 0. The van der Waals surface area contributed by atoms with Crippen molar-refractivity contribution in [1.29, 1.82) is 5.26 Å². The molecule has 5 nitrogen and oxygen atoms in total. The summed E-state index contributed by atoms with van der Waals surface area (Å²) in [6.07, 6.45) is 1.71. The van der Waals surface area contributed by atoms with Gasteiger partial charge in [0.25, 0.3) is 5.56 Å². The van der Waals surface area contributed by atoms with E-state index in [1.807, 2.05) is 25.1 Å². The van der Waals surface area contributed by atoms with Gasteiger partial charge in [0.05, 0.1) is 22.2 Å². The van der Waals surface area contributed by atoms with E-state index in [9.17, 15) is 4.79 Å². The molecule has 1 atom stereocenters. The number of hydrogen-bond donors (Lipinski definition) is 0. The molecule has 2 heterocycles. The summed E-state index contributed by atoms with van der Waals surface area (Å²) >= 11 is 1.25. The van der Waals surface area contributed by atoms with Gasteiger partial charge in [-0.1, -0.05) is 30.0 Å². The Hall–Kier alpha value is -2.65. The monoisotopic (exact) mass is 322 g/mol. The number of hydrogen-bond acceptors (Lipinski definition) is 5. The second-order valence-corrected chi connectivity index (χ2v) is 6.44. The molecule has 114 valence electrons. The zero-order chi connectivity index (χ0) is 16.4. The minimum atomic E-state index is -0.320. The second kappa shape index (κ2) is 6.23. The molecule has 1 aromatic carbocycles. The van der Waals surface area contributed by atoms with Crippen LogP contribution in [0.4, 0.5) is 0 Å². The summed E-state index contributed by atoms with van der Waals surface area (Å²) in [4.78, 5) is 21.8. The third-order valence-electron chi connectivity index (χ3n) is 3.33. The second-order valence-electron chi connectivity index (χ2n) is 5.14. The summed E-state index contributed by atoms with van der Waals surface area (Å²) in [5.41, 5.74) is 1.45. The first-order chi connectivity index (χ1) is 11.1. The van der Waals surface area contributed by atoms with Crippen molar-refractivity contribution in [2.75, 3.05) is 0 Å². The van der Waals surface area contributed by atoms with E-state index in [1.165, 1.54) is 16.3 Å². The normalized spacial score (nSPS) is 12.0. The highest BCUT2D eigenvalue weighted by atomic mass is 32.2. The van der Waals surface area contributed by atoms with Crippen LogP contribution in [0.5, 0.6) is 0 Å². The Balaban J connectivity index is 2.30. The van der Waals surface area contributed by atoms with Gasteiger partial charge in [0, 0.05) is 6.20 Å². The van der Waals surface area contributed by atoms with Crippen molar-refractivity contribution >= 4 is 22.7 Å². The lowest BCUT2D eigenvalue weighted by Gasteiger charge is -2.13. The highest BCUT2D eigenvalue weighted by molar-refractivity contribution is 8.00. The van der Waals surface area contributed by atoms with E-state index >= 15 is 0 Å². The van der Waals surface area contributed by atoms with Crippen molar-refractivity contribution in [3.8, 4) is 11.9 Å². The fourth-order valence-corrected chi connectivity index (χ4v) is 2.97. The Labute approximate surface area is 137 Å². The van der Waals surface area contributed by atoms with Crippen molar-refractivity contribution in [2.45, 2.75) is 24.3 Å². The number of aryl methyl sites for hydroxylation is 1. The Morgan fingerprint density at radius 3 is 2.74 bits per heavy atom. The fraction of sp³-hybridized carbons (Fsp3) is 0.176. The molecule has 6 heteroatoms. The smallest absolute Gasteiger partial charge is 0.267 e. The lowest BCUT2D eigenvalue weighted by molar-refractivity contribution is 0.793. The maximum absolute atomic E-state index is 12.9. The lowest BCUT2D eigenvalue weighted by atomic mass is 10.2. The van der Waals surface area contributed by atoms with Gasteiger partial charge in [-0.05, 0) is 37.6 Å². The van der Waals surface area contributed by atoms with Crippen LogP contribution in [0.2, 0.25) is 0 Å². The van der Waals surface area contributed by atoms with Gasteiger partial charge in [0.1, 0.15) is 5.82 Å². The first-order valence-corrected chi connectivity index (χ1v) is 7.99. The van der Waals surface area contributed by atoms with Crippen LogP contribution in [-0.4, -0.2) is 19.8 Å². The number of nitrogens with zero attached hydrogens (tertiary/aromatic N) is 4. The van der Waals surface area contributed by atoms with Crippen LogP contribution in [0.3, 0.4) is 0 Å². The van der Waals surface area contributed by atoms with E-state index in [2.05, 4.69) is 16.0 Å². The van der Waals surface area contributed by atoms with Crippen molar-refractivity contribution < 1.29 is 0 Å². The molecule has 0 fully saturated rings. The molecule has 0 saturated carbocycles. The molecule has 3 aromatic rings. The molecule has 0 N–H and O–H groups in total. The van der Waals surface area contributed by atoms with E-state index < -0.39 is 0 Å². The maximum Gasteiger partial charge on any atom is 0.267 e. The van der Waals surface area contributed by atoms with Crippen molar-refractivity contribution in [3.05, 3.63) is 58.5 Å². The van der Waals surface area contributed by atoms with E-state index in [0.717, 1.165) is 5.56 Å². The number of para-hydroxylation sites is 1. The van der Waals surface area contributed by atoms with E-state index in [0.29, 0.717) is 21.9 Å². The van der Waals surface area contributed by atoms with E-state index in [-0.39, 0.29) is 10.8 Å². The zero-order valence-electron chi connectivity index (χ0n) is 12.7. The molecule has 0 saturated heterocycles. The highest BCUT2D eigenvalue weighted by Crippen LogP contribution is 2.23. The third kappa shape index (κ3) is 2.96. The molecular formula is C17H14N4OS. The van der Waals surface area contributed by atoms with Gasteiger partial charge in [0.2, 0.25) is 0 Å². The molecule has 0 unspecified atom stereocenters. The standard InChI is InChI=1S/C17H14N4OS/c1-11-7-8-15(19-10-11)21-16(22)13-5-3-4-6-14(13)20-17(21)23-12(2)9-18/h3-8,10,12H,1-2H3/t12-/m1/s1. The largest absolute Gasteiger partial charge is 0.268 e. The van der Waals surface area contributed by atoms with Crippen LogP contribution >= 0.6 is 11.8 Å². The number of nitriles is 1. The molecule has 0 radical (unpaired) electrons. The van der Waals surface area contributed by atoms with Crippen LogP contribution in [0, 0.1) is 18.3 Å². The molecule has 0 aliphatic carbocycles. The maximum atomic E-state index is 12.9. The molecule has 2 aromatic heterocycles. The average molecular weight is 322 g/mol. The zero-order valence-corrected chi connectivity index (χ0v) is 13.5. The molecule has 0 amide bonds. The van der Waals surface area contributed by atoms with E-state index in [4.69, 9.17) is 5.26 Å². The minimum Gasteiger partial charge on any atom is -0.268 e. The van der Waals surface area contributed by atoms with Gasteiger partial charge in [-0.3, -0.25) is 4.79 Å². The van der Waals surface area contributed by atoms with Crippen molar-refractivity contribution in [2.24, 2.45) is 0 Å². The molecule has 23 heavy (non-hydrogen) atoms. The minimum absolute atomic E-state index is 0.181. The SMILES string of the molecule is Cc1ccc(-n2c(S[C@H](C)C#N)nc3ccccc3c2=O)nc1. The van der Waals surface area contributed by atoms with E-state index in [1.54, 1.807) is 31.3 Å². The highest BCUT2D eigenvalue weighted by Gasteiger charge is 2.16. The van der Waals surface area contributed by atoms with Crippen molar-refractivity contribution in [1.82, 2.24) is 14.5 Å². The predicted molar refractivity (Wildman–Crippen MR) is 90.8 cm³/mol. The lowest BCUT2D eigenvalue weighted by Crippen LogP contribution is -2.23. The number of pyridine rings is 1. The molecule has 3 rings (SSSR count). The topological polar surface area (TPSA) is 71.6 Å². The first kappa shape index (κ1) is 15.3. The molecule has 0 spiro atoms. The van der Waals surface area contributed by atoms with Gasteiger partial charge in [0.15, 0.2) is 5.16 Å². The van der Waals surface area contributed by atoms with Crippen LogP contribution in [0.25, 0.3) is 16.7 Å². The molecule has 0 aliphatic heterocycles. The van der Waals surface area contributed by atoms with Crippen LogP contribution in [-0.2, 0) is 0 Å². The number of rotatable bonds is 3. The van der Waals surface area contributed by atoms with Crippen LogP contribution in [0.1, 0.15) is 12.5 Å².